The van der Waals surface area contributed by atoms with Gasteiger partial charge in [0.25, 0.3) is 0 Å². The van der Waals surface area contributed by atoms with Crippen LogP contribution in [0.1, 0.15) is 44.1 Å². The van der Waals surface area contributed by atoms with E-state index in [1.54, 1.807) is 6.20 Å². The van der Waals surface area contributed by atoms with Crippen LogP contribution in [-0.2, 0) is 0 Å². The third-order valence-electron chi connectivity index (χ3n) is 3.26. The molecule has 0 amide bonds. The number of nitrogens with zero attached hydrogens (tertiary/aromatic N) is 1. The summed E-state index contributed by atoms with van der Waals surface area (Å²) in [5.41, 5.74) is 8.11. The summed E-state index contributed by atoms with van der Waals surface area (Å²) in [6, 6.07) is 2.08. The van der Waals surface area contributed by atoms with Crippen LogP contribution in [0.2, 0.25) is 0 Å². The molecule has 1 saturated carbocycles. The van der Waals surface area contributed by atoms with E-state index in [1.807, 2.05) is 6.20 Å². The Bertz CT molecular complexity index is 309. The van der Waals surface area contributed by atoms with Crippen molar-refractivity contribution >= 4 is 5.69 Å². The molecule has 2 atom stereocenters. The van der Waals surface area contributed by atoms with Gasteiger partial charge in [0.2, 0.25) is 0 Å². The molecule has 1 aliphatic carbocycles. The van der Waals surface area contributed by atoms with Gasteiger partial charge in [-0.3, -0.25) is 4.98 Å². The minimum absolute atomic E-state index is 0.668. The monoisotopic (exact) mass is 190 g/mol. The topological polar surface area (TPSA) is 38.9 Å². The van der Waals surface area contributed by atoms with E-state index in [2.05, 4.69) is 18.0 Å². The van der Waals surface area contributed by atoms with Crippen LogP contribution in [0.5, 0.6) is 0 Å². The van der Waals surface area contributed by atoms with Gasteiger partial charge in [-0.05, 0) is 36.3 Å². The molecule has 1 aliphatic rings. The molecule has 0 saturated heterocycles. The van der Waals surface area contributed by atoms with Crippen LogP contribution in [-0.4, -0.2) is 4.98 Å². The van der Waals surface area contributed by atoms with Gasteiger partial charge in [0, 0.05) is 6.20 Å². The highest BCUT2D eigenvalue weighted by molar-refractivity contribution is 5.46. The molecule has 14 heavy (non-hydrogen) atoms. The van der Waals surface area contributed by atoms with Crippen LogP contribution in [0, 0.1) is 5.92 Å². The molecule has 2 heteroatoms. The molecule has 0 aliphatic heterocycles. The molecule has 2 N–H and O–H groups in total. The fourth-order valence-electron chi connectivity index (χ4n) is 2.51. The van der Waals surface area contributed by atoms with Crippen molar-refractivity contribution in [2.24, 2.45) is 5.92 Å². The largest absolute Gasteiger partial charge is 0.397 e. The summed E-state index contributed by atoms with van der Waals surface area (Å²) in [4.78, 5) is 4.03. The molecule has 1 heterocycles. The first-order valence-electron chi connectivity index (χ1n) is 5.46. The summed E-state index contributed by atoms with van der Waals surface area (Å²) < 4.78 is 0. The van der Waals surface area contributed by atoms with Crippen LogP contribution in [0.3, 0.4) is 0 Å². The molecule has 2 unspecified atom stereocenters. The molecule has 76 valence electrons. The van der Waals surface area contributed by atoms with E-state index in [9.17, 15) is 0 Å². The molecule has 2 nitrogen and oxygen atoms in total. The molecule has 0 aromatic carbocycles. The summed E-state index contributed by atoms with van der Waals surface area (Å²) in [5, 5.41) is 0. The molecule has 2 rings (SSSR count). The van der Waals surface area contributed by atoms with Crippen molar-refractivity contribution in [1.29, 1.82) is 0 Å². The van der Waals surface area contributed by atoms with E-state index in [4.69, 9.17) is 5.73 Å². The van der Waals surface area contributed by atoms with E-state index >= 15 is 0 Å². The second kappa shape index (κ2) is 3.99. The molecular formula is C12H18N2. The van der Waals surface area contributed by atoms with E-state index in [1.165, 1.54) is 31.2 Å². The minimum atomic E-state index is 0.668. The first kappa shape index (κ1) is 9.50. The van der Waals surface area contributed by atoms with Gasteiger partial charge in [0.15, 0.2) is 0 Å². The van der Waals surface area contributed by atoms with E-state index < -0.39 is 0 Å². The first-order chi connectivity index (χ1) is 6.77. The molecule has 0 bridgehead atoms. The zero-order chi connectivity index (χ0) is 9.97. The SMILES string of the molecule is CC1CCCC(c2ccncc2N)C1. The highest BCUT2D eigenvalue weighted by atomic mass is 14.7. The standard InChI is InChI=1S/C12H18N2/c1-9-3-2-4-10(7-9)11-5-6-14-8-12(11)13/h5-6,8-10H,2-4,7,13H2,1H3. The van der Waals surface area contributed by atoms with Crippen molar-refractivity contribution in [2.45, 2.75) is 38.5 Å². The summed E-state index contributed by atoms with van der Waals surface area (Å²) in [6.45, 7) is 2.34. The minimum Gasteiger partial charge on any atom is -0.397 e. The lowest BCUT2D eigenvalue weighted by atomic mass is 9.79. The third-order valence-corrected chi connectivity index (χ3v) is 3.26. The Morgan fingerprint density at radius 1 is 1.43 bits per heavy atom. The second-order valence-electron chi connectivity index (χ2n) is 4.47. The van der Waals surface area contributed by atoms with Gasteiger partial charge in [0.05, 0.1) is 11.9 Å². The summed E-state index contributed by atoms with van der Waals surface area (Å²) >= 11 is 0. The fourth-order valence-corrected chi connectivity index (χ4v) is 2.51. The maximum atomic E-state index is 5.93. The number of aromatic nitrogens is 1. The number of nitrogen functional groups attached to an aromatic ring is 1. The van der Waals surface area contributed by atoms with Crippen LogP contribution < -0.4 is 5.73 Å². The van der Waals surface area contributed by atoms with Gasteiger partial charge in [0.1, 0.15) is 0 Å². The molecule has 1 aromatic heterocycles. The number of anilines is 1. The number of hydrogen-bond acceptors (Lipinski definition) is 2. The van der Waals surface area contributed by atoms with E-state index in [0.29, 0.717) is 5.92 Å². The number of rotatable bonds is 1. The van der Waals surface area contributed by atoms with Crippen LogP contribution in [0.4, 0.5) is 5.69 Å². The normalized spacial score (nSPS) is 27.5. The molecule has 1 fully saturated rings. The quantitative estimate of drug-likeness (QED) is 0.739. The Hall–Kier alpha value is -1.05. The number of hydrogen-bond donors (Lipinski definition) is 1. The van der Waals surface area contributed by atoms with Gasteiger partial charge in [-0.1, -0.05) is 19.8 Å². The van der Waals surface area contributed by atoms with Gasteiger partial charge in [-0.15, -0.1) is 0 Å². The van der Waals surface area contributed by atoms with Gasteiger partial charge in [-0.2, -0.15) is 0 Å². The van der Waals surface area contributed by atoms with E-state index in [0.717, 1.165) is 11.6 Å². The van der Waals surface area contributed by atoms with Crippen molar-refractivity contribution in [3.63, 3.8) is 0 Å². The van der Waals surface area contributed by atoms with Crippen molar-refractivity contribution in [1.82, 2.24) is 4.98 Å². The molecule has 0 spiro atoms. The third kappa shape index (κ3) is 1.89. The predicted molar refractivity (Wildman–Crippen MR) is 59.0 cm³/mol. The van der Waals surface area contributed by atoms with Crippen molar-refractivity contribution in [2.75, 3.05) is 5.73 Å². The lowest BCUT2D eigenvalue weighted by Crippen LogP contribution is -2.13. The molecular weight excluding hydrogens is 172 g/mol. The van der Waals surface area contributed by atoms with Gasteiger partial charge < -0.3 is 5.73 Å². The maximum absolute atomic E-state index is 5.93. The molecule has 1 aromatic rings. The fraction of sp³-hybridized carbons (Fsp3) is 0.583. The van der Waals surface area contributed by atoms with Crippen molar-refractivity contribution < 1.29 is 0 Å². The smallest absolute Gasteiger partial charge is 0.0535 e. The van der Waals surface area contributed by atoms with Crippen LogP contribution in [0.25, 0.3) is 0 Å². The Morgan fingerprint density at radius 2 is 2.29 bits per heavy atom. The average molecular weight is 190 g/mol. The Morgan fingerprint density at radius 3 is 3.00 bits per heavy atom. The number of pyridine rings is 1. The highest BCUT2D eigenvalue weighted by Crippen LogP contribution is 2.37. The summed E-state index contributed by atoms with van der Waals surface area (Å²) in [6.07, 6.45) is 8.92. The van der Waals surface area contributed by atoms with Crippen molar-refractivity contribution in [3.05, 3.63) is 24.0 Å². The Kier molecular flexibility index (Phi) is 2.71. The van der Waals surface area contributed by atoms with Crippen LogP contribution >= 0.6 is 0 Å². The van der Waals surface area contributed by atoms with Gasteiger partial charge in [-0.25, -0.2) is 0 Å². The van der Waals surface area contributed by atoms with Crippen molar-refractivity contribution in [3.8, 4) is 0 Å². The summed E-state index contributed by atoms with van der Waals surface area (Å²) in [5.74, 6) is 1.52. The molecule has 0 radical (unpaired) electrons. The maximum Gasteiger partial charge on any atom is 0.0535 e. The zero-order valence-electron chi connectivity index (χ0n) is 8.74. The Balaban J connectivity index is 2.18. The lowest BCUT2D eigenvalue weighted by molar-refractivity contribution is 0.344. The predicted octanol–water partition coefficient (Wildman–Crippen LogP) is 2.96. The van der Waals surface area contributed by atoms with Crippen LogP contribution in [0.15, 0.2) is 18.5 Å². The Labute approximate surface area is 85.5 Å². The highest BCUT2D eigenvalue weighted by Gasteiger charge is 2.21. The second-order valence-corrected chi connectivity index (χ2v) is 4.47. The average Bonchev–Trinajstić information content (AvgIpc) is 2.18. The lowest BCUT2D eigenvalue weighted by Gasteiger charge is -2.27. The van der Waals surface area contributed by atoms with Gasteiger partial charge >= 0.3 is 0 Å². The zero-order valence-corrected chi connectivity index (χ0v) is 8.74. The number of nitrogens with two attached hydrogens (primary N) is 1. The summed E-state index contributed by atoms with van der Waals surface area (Å²) in [7, 11) is 0. The van der Waals surface area contributed by atoms with E-state index in [-0.39, 0.29) is 0 Å². The first-order valence-corrected chi connectivity index (χ1v) is 5.46.